The zero-order valence-corrected chi connectivity index (χ0v) is 15.8. The summed E-state index contributed by atoms with van der Waals surface area (Å²) in [5.74, 6) is 0.844. The van der Waals surface area contributed by atoms with E-state index in [-0.39, 0.29) is 11.4 Å². The van der Waals surface area contributed by atoms with Gasteiger partial charge in [0.15, 0.2) is 5.43 Å². The first-order valence-electron chi connectivity index (χ1n) is 8.20. The van der Waals surface area contributed by atoms with E-state index >= 15 is 0 Å². The SMILES string of the molecule is CC/C=C(C)/C=C/C=C(C)/C=C(\C)c1oc(OC)c(C)c(=O)c1C. The first-order valence-corrected chi connectivity index (χ1v) is 8.20. The van der Waals surface area contributed by atoms with Gasteiger partial charge < -0.3 is 9.15 Å². The van der Waals surface area contributed by atoms with E-state index in [9.17, 15) is 4.79 Å². The lowest BCUT2D eigenvalue weighted by Crippen LogP contribution is -2.12. The van der Waals surface area contributed by atoms with Crippen LogP contribution < -0.4 is 10.2 Å². The standard InChI is InChI=1S/C21H28O3/c1-8-10-14(2)11-9-12-15(3)13-16(4)20-17(5)19(22)18(6)21(23-7)24-20/h9-13H,8H2,1-7H3/b11-9+,14-10+,15-12+,16-13+. The Morgan fingerprint density at radius 3 is 2.38 bits per heavy atom. The van der Waals surface area contributed by atoms with Crippen LogP contribution in [0.25, 0.3) is 5.57 Å². The quantitative estimate of drug-likeness (QED) is 0.645. The van der Waals surface area contributed by atoms with Gasteiger partial charge >= 0.3 is 0 Å². The molecule has 130 valence electrons. The fraction of sp³-hybridized carbons (Fsp3) is 0.381. The highest BCUT2D eigenvalue weighted by atomic mass is 16.6. The molecule has 1 aromatic heterocycles. The molecule has 3 nitrogen and oxygen atoms in total. The zero-order chi connectivity index (χ0) is 18.3. The molecule has 1 rings (SSSR count). The third-order valence-electron chi connectivity index (χ3n) is 3.75. The Hall–Kier alpha value is -2.29. The van der Waals surface area contributed by atoms with Crippen molar-refractivity contribution in [1.82, 2.24) is 0 Å². The molecule has 24 heavy (non-hydrogen) atoms. The fourth-order valence-corrected chi connectivity index (χ4v) is 2.49. The Morgan fingerprint density at radius 2 is 1.79 bits per heavy atom. The van der Waals surface area contributed by atoms with E-state index in [1.807, 2.05) is 32.1 Å². The lowest BCUT2D eigenvalue weighted by Gasteiger charge is -2.09. The minimum atomic E-state index is -0.0392. The van der Waals surface area contributed by atoms with E-state index in [2.05, 4.69) is 26.0 Å². The van der Waals surface area contributed by atoms with Crippen LogP contribution in [0.2, 0.25) is 0 Å². The van der Waals surface area contributed by atoms with Gasteiger partial charge in [-0.1, -0.05) is 48.5 Å². The van der Waals surface area contributed by atoms with Gasteiger partial charge in [0, 0.05) is 5.56 Å². The highest BCUT2D eigenvalue weighted by Crippen LogP contribution is 2.24. The molecule has 0 unspecified atom stereocenters. The number of allylic oxidation sites excluding steroid dienone is 8. The van der Waals surface area contributed by atoms with Crippen molar-refractivity contribution < 1.29 is 9.15 Å². The largest absolute Gasteiger partial charge is 0.468 e. The summed E-state index contributed by atoms with van der Waals surface area (Å²) in [5.41, 5.74) is 4.28. The van der Waals surface area contributed by atoms with E-state index < -0.39 is 0 Å². The topological polar surface area (TPSA) is 39.4 Å². The van der Waals surface area contributed by atoms with Crippen LogP contribution in [-0.4, -0.2) is 7.11 Å². The number of hydrogen-bond acceptors (Lipinski definition) is 3. The summed E-state index contributed by atoms with van der Waals surface area (Å²) in [6.07, 6.45) is 11.4. The Bertz CT molecular complexity index is 756. The molecule has 0 spiro atoms. The van der Waals surface area contributed by atoms with E-state index in [1.54, 1.807) is 13.8 Å². The number of methoxy groups -OCH3 is 1. The van der Waals surface area contributed by atoms with Gasteiger partial charge in [-0.2, -0.15) is 0 Å². The summed E-state index contributed by atoms with van der Waals surface area (Å²) < 4.78 is 10.9. The normalized spacial score (nSPS) is 13.7. The van der Waals surface area contributed by atoms with Gasteiger partial charge in [0.1, 0.15) is 5.76 Å². The molecule has 0 fully saturated rings. The average molecular weight is 328 g/mol. The molecule has 0 radical (unpaired) electrons. The summed E-state index contributed by atoms with van der Waals surface area (Å²) in [6.45, 7) is 11.7. The van der Waals surface area contributed by atoms with Gasteiger partial charge in [0.25, 0.3) is 5.95 Å². The molecule has 3 heteroatoms. The van der Waals surface area contributed by atoms with Crippen molar-refractivity contribution in [3.8, 4) is 5.95 Å². The van der Waals surface area contributed by atoms with Crippen LogP contribution in [-0.2, 0) is 0 Å². The summed E-state index contributed by atoms with van der Waals surface area (Å²) in [5, 5.41) is 0. The minimum Gasteiger partial charge on any atom is -0.468 e. The maximum Gasteiger partial charge on any atom is 0.291 e. The van der Waals surface area contributed by atoms with Gasteiger partial charge in [0.05, 0.1) is 12.7 Å². The van der Waals surface area contributed by atoms with Crippen LogP contribution in [0.1, 0.15) is 51.0 Å². The van der Waals surface area contributed by atoms with Gasteiger partial charge in [-0.05, 0) is 46.6 Å². The lowest BCUT2D eigenvalue weighted by atomic mass is 10.1. The van der Waals surface area contributed by atoms with E-state index in [4.69, 9.17) is 9.15 Å². The molecule has 0 aliphatic rings. The Labute approximate surface area is 145 Å². The second kappa shape index (κ2) is 9.11. The monoisotopic (exact) mass is 328 g/mol. The summed E-state index contributed by atoms with van der Waals surface area (Å²) in [7, 11) is 1.51. The molecule has 0 aromatic carbocycles. The lowest BCUT2D eigenvalue weighted by molar-refractivity contribution is 0.288. The maximum absolute atomic E-state index is 12.3. The van der Waals surface area contributed by atoms with Crippen LogP contribution in [0.4, 0.5) is 0 Å². The van der Waals surface area contributed by atoms with Crippen LogP contribution in [0.3, 0.4) is 0 Å². The predicted molar refractivity (Wildman–Crippen MR) is 102 cm³/mol. The van der Waals surface area contributed by atoms with Crippen LogP contribution in [0.15, 0.2) is 50.7 Å². The molecule has 0 aliphatic heterocycles. The molecular formula is C21H28O3. The Balaban J connectivity index is 3.15. The first kappa shape index (κ1) is 19.8. The average Bonchev–Trinajstić information content (AvgIpc) is 2.53. The van der Waals surface area contributed by atoms with Crippen LogP contribution >= 0.6 is 0 Å². The second-order valence-electron chi connectivity index (χ2n) is 5.96. The molecule has 0 saturated carbocycles. The van der Waals surface area contributed by atoms with Crippen molar-refractivity contribution >= 4 is 5.57 Å². The molecule has 0 saturated heterocycles. The van der Waals surface area contributed by atoms with Gasteiger partial charge in [-0.25, -0.2) is 0 Å². The Morgan fingerprint density at radius 1 is 1.12 bits per heavy atom. The summed E-state index contributed by atoms with van der Waals surface area (Å²) in [4.78, 5) is 12.3. The summed E-state index contributed by atoms with van der Waals surface area (Å²) >= 11 is 0. The van der Waals surface area contributed by atoms with Crippen molar-refractivity contribution in [2.45, 2.75) is 48.0 Å². The first-order chi connectivity index (χ1) is 11.3. The van der Waals surface area contributed by atoms with Crippen molar-refractivity contribution in [2.75, 3.05) is 7.11 Å². The van der Waals surface area contributed by atoms with E-state index in [1.165, 1.54) is 12.7 Å². The molecule has 0 atom stereocenters. The third kappa shape index (κ3) is 5.12. The maximum atomic E-state index is 12.3. The molecule has 0 N–H and O–H groups in total. The van der Waals surface area contributed by atoms with Crippen LogP contribution in [0.5, 0.6) is 5.95 Å². The van der Waals surface area contributed by atoms with Crippen LogP contribution in [0, 0.1) is 13.8 Å². The van der Waals surface area contributed by atoms with Crippen molar-refractivity contribution in [1.29, 1.82) is 0 Å². The van der Waals surface area contributed by atoms with Crippen molar-refractivity contribution in [3.63, 3.8) is 0 Å². The Kier molecular flexibility index (Phi) is 7.50. The smallest absolute Gasteiger partial charge is 0.291 e. The second-order valence-corrected chi connectivity index (χ2v) is 5.96. The zero-order valence-electron chi connectivity index (χ0n) is 15.8. The molecule has 0 aliphatic carbocycles. The predicted octanol–water partition coefficient (Wildman–Crippen LogP) is 5.53. The molecule has 1 aromatic rings. The van der Waals surface area contributed by atoms with Crippen molar-refractivity contribution in [3.05, 3.63) is 68.6 Å². The highest BCUT2D eigenvalue weighted by molar-refractivity contribution is 5.65. The van der Waals surface area contributed by atoms with Gasteiger partial charge in [-0.15, -0.1) is 0 Å². The number of rotatable bonds is 6. The molecule has 0 amide bonds. The fourth-order valence-electron chi connectivity index (χ4n) is 2.49. The van der Waals surface area contributed by atoms with Gasteiger partial charge in [0.2, 0.25) is 0 Å². The number of ether oxygens (including phenoxy) is 1. The van der Waals surface area contributed by atoms with Gasteiger partial charge in [-0.3, -0.25) is 4.79 Å². The van der Waals surface area contributed by atoms with Crippen molar-refractivity contribution in [2.24, 2.45) is 0 Å². The highest BCUT2D eigenvalue weighted by Gasteiger charge is 2.15. The van der Waals surface area contributed by atoms with E-state index in [0.717, 1.165) is 17.6 Å². The molecule has 1 heterocycles. The molecular weight excluding hydrogens is 300 g/mol. The van der Waals surface area contributed by atoms with E-state index in [0.29, 0.717) is 16.9 Å². The summed E-state index contributed by atoms with van der Waals surface area (Å²) in [6, 6.07) is 0. The third-order valence-corrected chi connectivity index (χ3v) is 3.75. The minimum absolute atomic E-state index is 0.0392. The molecule has 0 bridgehead atoms. The number of hydrogen-bond donors (Lipinski definition) is 0.